The first-order valence-corrected chi connectivity index (χ1v) is 6.45. The lowest BCUT2D eigenvalue weighted by Crippen LogP contribution is -2.20. The summed E-state index contributed by atoms with van der Waals surface area (Å²) in [5.41, 5.74) is 0.766. The third kappa shape index (κ3) is 4.01. The third-order valence-corrected chi connectivity index (χ3v) is 3.95. The van der Waals surface area contributed by atoms with Gasteiger partial charge in [-0.1, -0.05) is 50.9 Å². The molecule has 0 aliphatic heterocycles. The van der Waals surface area contributed by atoms with E-state index in [0.29, 0.717) is 27.9 Å². The number of hydrogen-bond donors (Lipinski definition) is 0. The minimum Gasteiger partial charge on any atom is -0.294 e. The van der Waals surface area contributed by atoms with Crippen molar-refractivity contribution in [3.05, 3.63) is 33.8 Å². The van der Waals surface area contributed by atoms with Crippen LogP contribution in [0.25, 0.3) is 0 Å². The van der Waals surface area contributed by atoms with Gasteiger partial charge in [-0.15, -0.1) is 0 Å². The molecular weight excluding hydrogens is 255 g/mol. The zero-order valence-electron chi connectivity index (χ0n) is 10.7. The molecule has 17 heavy (non-hydrogen) atoms. The van der Waals surface area contributed by atoms with Crippen molar-refractivity contribution in [1.82, 2.24) is 0 Å². The van der Waals surface area contributed by atoms with Crippen molar-refractivity contribution in [1.29, 1.82) is 0 Å². The molecule has 0 saturated heterocycles. The van der Waals surface area contributed by atoms with Crippen LogP contribution >= 0.6 is 23.2 Å². The van der Waals surface area contributed by atoms with Gasteiger partial charge in [-0.05, 0) is 29.5 Å². The number of ketones is 1. The van der Waals surface area contributed by atoms with Gasteiger partial charge >= 0.3 is 0 Å². The number of carbonyl (C=O) groups excluding carboxylic acids is 1. The van der Waals surface area contributed by atoms with Crippen molar-refractivity contribution < 1.29 is 4.79 Å². The summed E-state index contributed by atoms with van der Waals surface area (Å²) >= 11 is 11.7. The first-order valence-electron chi connectivity index (χ1n) is 5.70. The highest BCUT2D eigenvalue weighted by molar-refractivity contribution is 6.42. The molecule has 0 aromatic heterocycles. The first kappa shape index (κ1) is 14.5. The Hall–Kier alpha value is -0.530. The fraction of sp³-hybridized carbons (Fsp3) is 0.500. The maximum atomic E-state index is 12.1. The molecule has 0 N–H and O–H groups in total. The summed E-state index contributed by atoms with van der Waals surface area (Å²) in [5.74, 6) is 0.440. The van der Waals surface area contributed by atoms with Crippen molar-refractivity contribution in [3.8, 4) is 0 Å². The van der Waals surface area contributed by atoms with E-state index in [1.807, 2.05) is 0 Å². The van der Waals surface area contributed by atoms with Crippen molar-refractivity contribution in [2.75, 3.05) is 0 Å². The molecular formula is C14H18Cl2O. The average molecular weight is 273 g/mol. The second kappa shape index (κ2) is 5.41. The van der Waals surface area contributed by atoms with Crippen LogP contribution in [-0.4, -0.2) is 5.78 Å². The molecule has 0 fully saturated rings. The Labute approximate surface area is 113 Å². The Kier molecular flexibility index (Phi) is 4.62. The molecule has 1 atom stereocenters. The van der Waals surface area contributed by atoms with E-state index in [4.69, 9.17) is 23.2 Å². The number of rotatable bonds is 3. The minimum absolute atomic E-state index is 0.117. The van der Waals surface area contributed by atoms with Crippen LogP contribution in [0.1, 0.15) is 44.5 Å². The van der Waals surface area contributed by atoms with E-state index >= 15 is 0 Å². The molecule has 0 bridgehead atoms. The summed E-state index contributed by atoms with van der Waals surface area (Å²) in [6, 6.07) is 5.03. The molecule has 1 unspecified atom stereocenters. The molecule has 0 heterocycles. The largest absolute Gasteiger partial charge is 0.294 e. The van der Waals surface area contributed by atoms with E-state index in [0.717, 1.165) is 0 Å². The summed E-state index contributed by atoms with van der Waals surface area (Å²) in [6.07, 6.45) is 0.529. The van der Waals surface area contributed by atoms with E-state index in [1.165, 1.54) is 0 Å². The van der Waals surface area contributed by atoms with Crippen LogP contribution in [0.3, 0.4) is 0 Å². The lowest BCUT2D eigenvalue weighted by molar-refractivity contribution is 0.0927. The van der Waals surface area contributed by atoms with Gasteiger partial charge in [0.1, 0.15) is 0 Å². The lowest BCUT2D eigenvalue weighted by atomic mass is 9.78. The molecule has 1 aromatic carbocycles. The zero-order chi connectivity index (χ0) is 13.2. The van der Waals surface area contributed by atoms with E-state index in [2.05, 4.69) is 27.7 Å². The summed E-state index contributed by atoms with van der Waals surface area (Å²) < 4.78 is 0. The highest BCUT2D eigenvalue weighted by Crippen LogP contribution is 2.30. The molecule has 0 aliphatic rings. The summed E-state index contributed by atoms with van der Waals surface area (Å²) in [5, 5.41) is 0.910. The van der Waals surface area contributed by atoms with Gasteiger partial charge in [0.15, 0.2) is 5.78 Å². The van der Waals surface area contributed by atoms with Gasteiger partial charge in [0, 0.05) is 12.0 Å². The van der Waals surface area contributed by atoms with Crippen molar-refractivity contribution >= 4 is 29.0 Å². The van der Waals surface area contributed by atoms with Gasteiger partial charge in [-0.3, -0.25) is 4.79 Å². The molecule has 0 saturated carbocycles. The smallest absolute Gasteiger partial charge is 0.163 e. The maximum absolute atomic E-state index is 12.1. The highest BCUT2D eigenvalue weighted by atomic mass is 35.5. The summed E-state index contributed by atoms with van der Waals surface area (Å²) in [4.78, 5) is 12.1. The molecule has 3 heteroatoms. The van der Waals surface area contributed by atoms with Crippen LogP contribution in [0.4, 0.5) is 0 Å². The van der Waals surface area contributed by atoms with Crippen LogP contribution in [0.15, 0.2) is 18.2 Å². The first-order chi connectivity index (χ1) is 7.71. The van der Waals surface area contributed by atoms with Gasteiger partial charge in [0.25, 0.3) is 0 Å². The maximum Gasteiger partial charge on any atom is 0.163 e. The van der Waals surface area contributed by atoms with Crippen LogP contribution in [0.2, 0.25) is 10.0 Å². The van der Waals surface area contributed by atoms with Gasteiger partial charge in [-0.2, -0.15) is 0 Å². The number of Topliss-reactive ketones (excluding diaryl/α,β-unsaturated/α-hetero) is 1. The topological polar surface area (TPSA) is 17.1 Å². The predicted octanol–water partition coefficient (Wildman–Crippen LogP) is 5.25. The van der Waals surface area contributed by atoms with Gasteiger partial charge in [-0.25, -0.2) is 0 Å². The van der Waals surface area contributed by atoms with Crippen molar-refractivity contribution in [2.45, 2.75) is 34.1 Å². The monoisotopic (exact) mass is 272 g/mol. The molecule has 1 rings (SSSR count). The van der Waals surface area contributed by atoms with Gasteiger partial charge < -0.3 is 0 Å². The highest BCUT2D eigenvalue weighted by Gasteiger charge is 2.23. The fourth-order valence-corrected chi connectivity index (χ4v) is 1.67. The number of carbonyl (C=O) groups is 1. The van der Waals surface area contributed by atoms with Crippen molar-refractivity contribution in [3.63, 3.8) is 0 Å². The predicted molar refractivity (Wildman–Crippen MR) is 74.0 cm³/mol. The van der Waals surface area contributed by atoms with Crippen molar-refractivity contribution in [2.24, 2.45) is 11.3 Å². The lowest BCUT2D eigenvalue weighted by Gasteiger charge is -2.26. The molecule has 0 spiro atoms. The quantitative estimate of drug-likeness (QED) is 0.687. The Morgan fingerprint density at radius 2 is 1.82 bits per heavy atom. The normalized spacial score (nSPS) is 13.5. The van der Waals surface area contributed by atoms with E-state index < -0.39 is 0 Å². The van der Waals surface area contributed by atoms with E-state index in [9.17, 15) is 4.79 Å². The van der Waals surface area contributed by atoms with Crippen LogP contribution in [-0.2, 0) is 0 Å². The second-order valence-electron chi connectivity index (χ2n) is 5.52. The Bertz CT molecular complexity index is 419. The standard InChI is InChI=1S/C14H18Cl2O/c1-9(14(2,3)4)7-13(17)10-5-6-11(15)12(16)8-10/h5-6,8-9H,7H2,1-4H3. The van der Waals surface area contributed by atoms with Crippen LogP contribution < -0.4 is 0 Å². The summed E-state index contributed by atoms with van der Waals surface area (Å²) in [6.45, 7) is 8.51. The molecule has 1 nitrogen and oxygen atoms in total. The number of hydrogen-bond acceptors (Lipinski definition) is 1. The summed E-state index contributed by atoms with van der Waals surface area (Å²) in [7, 11) is 0. The number of benzene rings is 1. The van der Waals surface area contributed by atoms with Crippen LogP contribution in [0.5, 0.6) is 0 Å². The van der Waals surface area contributed by atoms with E-state index in [-0.39, 0.29) is 11.2 Å². The fourth-order valence-electron chi connectivity index (χ4n) is 1.37. The van der Waals surface area contributed by atoms with Crippen LogP contribution in [0, 0.1) is 11.3 Å². The molecule has 1 aromatic rings. The Morgan fingerprint density at radius 3 is 2.29 bits per heavy atom. The third-order valence-electron chi connectivity index (χ3n) is 3.21. The van der Waals surface area contributed by atoms with Gasteiger partial charge in [0.2, 0.25) is 0 Å². The average Bonchev–Trinajstić information content (AvgIpc) is 2.20. The number of halogens is 2. The van der Waals surface area contributed by atoms with E-state index in [1.54, 1.807) is 18.2 Å². The Morgan fingerprint density at radius 1 is 1.24 bits per heavy atom. The molecule has 0 amide bonds. The van der Waals surface area contributed by atoms with Gasteiger partial charge in [0.05, 0.1) is 10.0 Å². The molecule has 0 radical (unpaired) electrons. The SMILES string of the molecule is CC(CC(=O)c1ccc(Cl)c(Cl)c1)C(C)(C)C. The second-order valence-corrected chi connectivity index (χ2v) is 6.34. The molecule has 0 aliphatic carbocycles. The zero-order valence-corrected chi connectivity index (χ0v) is 12.2. The minimum atomic E-state index is 0.117. The molecule has 94 valence electrons. The Balaban J connectivity index is 2.80.